The van der Waals surface area contributed by atoms with E-state index in [4.69, 9.17) is 11.6 Å². The average molecular weight is 203 g/mol. The maximum Gasteiger partial charge on any atom is 0.0513 e. The summed E-state index contributed by atoms with van der Waals surface area (Å²) in [6, 6.07) is 8.07. The summed E-state index contributed by atoms with van der Waals surface area (Å²) >= 11 is 6.16. The largest absolute Gasteiger partial charge is 0.0908 e. The molecule has 70 valence electrons. The van der Waals surface area contributed by atoms with E-state index < -0.39 is 0 Å². The highest BCUT2D eigenvalue weighted by Crippen LogP contribution is 2.12. The van der Waals surface area contributed by atoms with E-state index in [9.17, 15) is 0 Å². The molecule has 2 aromatic rings. The minimum Gasteiger partial charge on any atom is -0.0908 e. The van der Waals surface area contributed by atoms with Gasteiger partial charge >= 0.3 is 0 Å². The molecule has 0 radical (unpaired) electrons. The van der Waals surface area contributed by atoms with E-state index in [0.29, 0.717) is 0 Å². The van der Waals surface area contributed by atoms with Gasteiger partial charge in [-0.2, -0.15) is 0 Å². The van der Waals surface area contributed by atoms with Crippen molar-refractivity contribution in [3.8, 4) is 0 Å². The van der Waals surface area contributed by atoms with Crippen molar-refractivity contribution in [3.63, 3.8) is 0 Å². The van der Waals surface area contributed by atoms with Gasteiger partial charge in [-0.15, -0.1) is 0 Å². The first-order valence-corrected chi connectivity index (χ1v) is 4.85. The Morgan fingerprint density at radius 1 is 1.00 bits per heavy atom. The smallest absolute Gasteiger partial charge is 0.0513 e. The second-order valence-corrected chi connectivity index (χ2v) is 3.82. The van der Waals surface area contributed by atoms with Gasteiger partial charge in [0, 0.05) is 0 Å². The third-order valence-corrected chi connectivity index (χ3v) is 3.14. The van der Waals surface area contributed by atoms with Crippen LogP contribution in [-0.2, 0) is 0 Å². The Bertz CT molecular complexity index is 542. The summed E-state index contributed by atoms with van der Waals surface area (Å²) in [4.78, 5) is 0. The fourth-order valence-corrected chi connectivity index (χ4v) is 1.90. The zero-order valence-corrected chi connectivity index (χ0v) is 8.86. The predicted octanol–water partition coefficient (Wildman–Crippen LogP) is 2.62. The molecule has 0 spiro atoms. The highest BCUT2D eigenvalue weighted by atomic mass is 35.5. The molecule has 0 unspecified atom stereocenters. The third-order valence-electron chi connectivity index (χ3n) is 2.62. The molecule has 0 fully saturated rings. The van der Waals surface area contributed by atoms with Gasteiger partial charge in [0.2, 0.25) is 0 Å². The topological polar surface area (TPSA) is 0 Å². The van der Waals surface area contributed by atoms with Crippen LogP contribution >= 0.6 is 11.6 Å². The van der Waals surface area contributed by atoms with Crippen LogP contribution in [0.2, 0.25) is 5.02 Å². The number of hydrogen-bond acceptors (Lipinski definition) is 0. The van der Waals surface area contributed by atoms with Crippen LogP contribution in [0.15, 0.2) is 24.3 Å². The molecule has 0 aliphatic heterocycles. The maximum atomic E-state index is 6.16. The van der Waals surface area contributed by atoms with Crippen molar-refractivity contribution in [3.05, 3.63) is 45.3 Å². The quantitative estimate of drug-likeness (QED) is 0.616. The monoisotopic (exact) mass is 202 g/mol. The lowest BCUT2D eigenvalue weighted by Gasteiger charge is -2.05. The van der Waals surface area contributed by atoms with Crippen LogP contribution < -0.4 is 10.4 Å². The molecule has 0 N–H and O–H groups in total. The lowest BCUT2D eigenvalue weighted by Crippen LogP contribution is -2.15. The highest BCUT2D eigenvalue weighted by molar-refractivity contribution is 6.32. The van der Waals surface area contributed by atoms with Crippen LogP contribution in [0, 0.1) is 6.92 Å². The van der Waals surface area contributed by atoms with Crippen LogP contribution in [0.25, 0.3) is 23.9 Å². The second-order valence-electron chi connectivity index (χ2n) is 3.44. The Hall–Kier alpha value is -1.27. The van der Waals surface area contributed by atoms with Gasteiger partial charge in [-0.25, -0.2) is 0 Å². The molecule has 0 amide bonds. The molecule has 1 heteroatoms. The van der Waals surface area contributed by atoms with Gasteiger partial charge < -0.3 is 0 Å². The Morgan fingerprint density at radius 2 is 1.50 bits per heavy atom. The van der Waals surface area contributed by atoms with Crippen molar-refractivity contribution in [2.24, 2.45) is 0 Å². The number of hydrogen-bond donors (Lipinski definition) is 0. The van der Waals surface area contributed by atoms with Crippen molar-refractivity contribution in [1.82, 2.24) is 0 Å². The summed E-state index contributed by atoms with van der Waals surface area (Å²) in [5, 5.41) is 4.85. The van der Waals surface area contributed by atoms with Crippen molar-refractivity contribution in [2.45, 2.75) is 6.92 Å². The van der Waals surface area contributed by atoms with E-state index in [1.54, 1.807) is 0 Å². The Kier molecular flexibility index (Phi) is 2.09. The minimum atomic E-state index is 0.730. The van der Waals surface area contributed by atoms with E-state index in [-0.39, 0.29) is 0 Å². The van der Waals surface area contributed by atoms with E-state index in [2.05, 4.69) is 19.2 Å². The summed E-state index contributed by atoms with van der Waals surface area (Å²) in [5.41, 5.74) is 1.02. The second kappa shape index (κ2) is 3.14. The predicted molar refractivity (Wildman–Crippen MR) is 64.0 cm³/mol. The van der Waals surface area contributed by atoms with Gasteiger partial charge in [-0.05, 0) is 33.7 Å². The van der Waals surface area contributed by atoms with Gasteiger partial charge in [0.1, 0.15) is 0 Å². The van der Waals surface area contributed by atoms with Crippen molar-refractivity contribution < 1.29 is 0 Å². The minimum absolute atomic E-state index is 0.730. The fourth-order valence-electron chi connectivity index (χ4n) is 1.69. The summed E-state index contributed by atoms with van der Waals surface area (Å²) in [5.74, 6) is 0. The number of fused-ring (bicyclic) bond motifs is 1. The van der Waals surface area contributed by atoms with Gasteiger partial charge in [-0.1, -0.05) is 49.0 Å². The van der Waals surface area contributed by atoms with Crippen molar-refractivity contribution in [2.75, 3.05) is 0 Å². The first-order valence-electron chi connectivity index (χ1n) is 4.47. The normalized spacial score (nSPS) is 10.7. The molecule has 0 aliphatic rings. The summed E-state index contributed by atoms with van der Waals surface area (Å²) in [7, 11) is 0. The molecular formula is C13H11Cl. The molecule has 0 bridgehead atoms. The Morgan fingerprint density at radius 3 is 2.07 bits per heavy atom. The standard InChI is InChI=1S/C13H11Cl/c1-8-9(2)13(14)10(3)12-7-5-4-6-11(8)12/h4-7H,1,3H2,2H3. The summed E-state index contributed by atoms with van der Waals surface area (Å²) in [6.07, 6.45) is 0. The molecule has 0 aliphatic carbocycles. The van der Waals surface area contributed by atoms with Crippen molar-refractivity contribution >= 4 is 35.5 Å². The maximum absolute atomic E-state index is 6.16. The van der Waals surface area contributed by atoms with E-state index in [0.717, 1.165) is 31.8 Å². The molecule has 0 saturated carbocycles. The molecule has 0 heterocycles. The lowest BCUT2D eigenvalue weighted by atomic mass is 10.0. The van der Waals surface area contributed by atoms with E-state index in [1.165, 1.54) is 0 Å². The van der Waals surface area contributed by atoms with Gasteiger partial charge in [0.25, 0.3) is 0 Å². The van der Waals surface area contributed by atoms with Gasteiger partial charge in [0.05, 0.1) is 5.02 Å². The van der Waals surface area contributed by atoms with Gasteiger partial charge in [-0.3, -0.25) is 0 Å². The lowest BCUT2D eigenvalue weighted by molar-refractivity contribution is 1.43. The average Bonchev–Trinajstić information content (AvgIpc) is 2.23. The van der Waals surface area contributed by atoms with Crippen LogP contribution in [0.3, 0.4) is 0 Å². The zero-order valence-electron chi connectivity index (χ0n) is 8.10. The van der Waals surface area contributed by atoms with Crippen LogP contribution in [0.5, 0.6) is 0 Å². The zero-order chi connectivity index (χ0) is 10.3. The molecule has 0 atom stereocenters. The Balaban J connectivity index is 3.19. The molecule has 0 aromatic heterocycles. The SMILES string of the molecule is C=c1c(C)c(Cl)c(=C)c2ccccc12. The first kappa shape index (κ1) is 9.29. The molecule has 2 rings (SSSR count). The molecular weight excluding hydrogens is 192 g/mol. The number of benzene rings is 2. The van der Waals surface area contributed by atoms with Crippen molar-refractivity contribution in [1.29, 1.82) is 0 Å². The highest BCUT2D eigenvalue weighted by Gasteiger charge is 2.03. The number of rotatable bonds is 0. The van der Waals surface area contributed by atoms with Crippen LogP contribution in [0.1, 0.15) is 5.56 Å². The summed E-state index contributed by atoms with van der Waals surface area (Å²) < 4.78 is 0. The fraction of sp³-hybridized carbons (Fsp3) is 0.0769. The van der Waals surface area contributed by atoms with Crippen LogP contribution in [-0.4, -0.2) is 0 Å². The summed E-state index contributed by atoms with van der Waals surface area (Å²) in [6.45, 7) is 10.0. The first-order chi connectivity index (χ1) is 6.63. The number of halogens is 1. The van der Waals surface area contributed by atoms with Crippen LogP contribution in [0.4, 0.5) is 0 Å². The molecule has 0 saturated heterocycles. The molecule has 14 heavy (non-hydrogen) atoms. The van der Waals surface area contributed by atoms with Gasteiger partial charge in [0.15, 0.2) is 0 Å². The molecule has 2 aromatic carbocycles. The van der Waals surface area contributed by atoms with E-state index >= 15 is 0 Å². The van der Waals surface area contributed by atoms with E-state index in [1.807, 2.05) is 25.1 Å². The third kappa shape index (κ3) is 1.15. The molecule has 0 nitrogen and oxygen atoms in total. The Labute approximate surface area is 88.1 Å².